The summed E-state index contributed by atoms with van der Waals surface area (Å²) >= 11 is 6.06. The molecule has 0 spiro atoms. The van der Waals surface area contributed by atoms with E-state index in [-0.39, 0.29) is 24.0 Å². The molecule has 0 bridgehead atoms. The van der Waals surface area contributed by atoms with Crippen LogP contribution in [0.4, 0.5) is 0 Å². The molecular formula is C17H21ClN2O3. The molecule has 23 heavy (non-hydrogen) atoms. The number of amides is 2. The Balaban J connectivity index is 1.75. The molecule has 1 aromatic rings. The number of carbonyl (C=O) groups is 2. The highest BCUT2D eigenvalue weighted by atomic mass is 35.5. The first-order valence-corrected chi connectivity index (χ1v) is 8.41. The van der Waals surface area contributed by atoms with Crippen molar-refractivity contribution in [1.82, 2.24) is 10.2 Å². The van der Waals surface area contributed by atoms with E-state index in [1.54, 1.807) is 0 Å². The molecule has 0 unspecified atom stereocenters. The zero-order valence-corrected chi connectivity index (χ0v) is 13.9. The van der Waals surface area contributed by atoms with Crippen LogP contribution in [0.25, 0.3) is 0 Å². The molecule has 6 heteroatoms. The van der Waals surface area contributed by atoms with Crippen molar-refractivity contribution in [3.63, 3.8) is 0 Å². The lowest BCUT2D eigenvalue weighted by atomic mass is 9.98. The first kappa shape index (κ1) is 16.3. The Morgan fingerprint density at radius 2 is 2.26 bits per heavy atom. The number of nitrogens with zero attached hydrogens (tertiary/aromatic N) is 1. The van der Waals surface area contributed by atoms with Gasteiger partial charge in [-0.1, -0.05) is 23.7 Å². The minimum absolute atomic E-state index is 0.0131. The fraction of sp³-hybridized carbons (Fsp3) is 0.529. The SMILES string of the molecule is C[C@@H]1[C@@H](c2cccc(Cl)c2)OCCN1C(=O)[C@H]1CCCC(=O)N1. The Labute approximate surface area is 140 Å². The van der Waals surface area contributed by atoms with Crippen molar-refractivity contribution in [2.45, 2.75) is 44.4 Å². The van der Waals surface area contributed by atoms with Crippen molar-refractivity contribution in [2.24, 2.45) is 0 Å². The third-order valence-electron chi connectivity index (χ3n) is 4.55. The maximum Gasteiger partial charge on any atom is 0.245 e. The van der Waals surface area contributed by atoms with Crippen molar-refractivity contribution >= 4 is 23.4 Å². The van der Waals surface area contributed by atoms with E-state index in [0.29, 0.717) is 31.0 Å². The normalized spacial score (nSPS) is 28.3. The van der Waals surface area contributed by atoms with Gasteiger partial charge in [-0.05, 0) is 37.5 Å². The molecule has 3 rings (SSSR count). The number of benzene rings is 1. The van der Waals surface area contributed by atoms with Gasteiger partial charge in [0.1, 0.15) is 12.1 Å². The van der Waals surface area contributed by atoms with Crippen molar-refractivity contribution in [2.75, 3.05) is 13.2 Å². The summed E-state index contributed by atoms with van der Waals surface area (Å²) in [6, 6.07) is 7.03. The number of rotatable bonds is 2. The average molecular weight is 337 g/mol. The van der Waals surface area contributed by atoms with Crippen LogP contribution in [0, 0.1) is 0 Å². The minimum atomic E-state index is -0.406. The molecule has 124 valence electrons. The van der Waals surface area contributed by atoms with Crippen LogP contribution in [-0.4, -0.2) is 41.9 Å². The average Bonchev–Trinajstić information content (AvgIpc) is 2.54. The Hall–Kier alpha value is -1.59. The number of carbonyl (C=O) groups excluding carboxylic acids is 2. The fourth-order valence-corrected chi connectivity index (χ4v) is 3.54. The maximum absolute atomic E-state index is 12.8. The molecule has 2 aliphatic heterocycles. The highest BCUT2D eigenvalue weighted by Crippen LogP contribution is 2.30. The molecule has 0 saturated carbocycles. The van der Waals surface area contributed by atoms with E-state index in [2.05, 4.69) is 5.32 Å². The summed E-state index contributed by atoms with van der Waals surface area (Å²) in [7, 11) is 0. The molecule has 2 saturated heterocycles. The number of halogens is 1. The summed E-state index contributed by atoms with van der Waals surface area (Å²) in [6.07, 6.45) is 1.77. The first-order valence-electron chi connectivity index (χ1n) is 8.03. The van der Waals surface area contributed by atoms with Gasteiger partial charge in [-0.25, -0.2) is 0 Å². The van der Waals surface area contributed by atoms with Gasteiger partial charge in [0.2, 0.25) is 11.8 Å². The van der Waals surface area contributed by atoms with E-state index in [4.69, 9.17) is 16.3 Å². The quantitative estimate of drug-likeness (QED) is 0.901. The van der Waals surface area contributed by atoms with Crippen molar-refractivity contribution in [1.29, 1.82) is 0 Å². The summed E-state index contributed by atoms with van der Waals surface area (Å²) in [5, 5.41) is 3.46. The lowest BCUT2D eigenvalue weighted by Crippen LogP contribution is -2.56. The van der Waals surface area contributed by atoms with Crippen LogP contribution in [0.2, 0.25) is 5.02 Å². The zero-order chi connectivity index (χ0) is 16.4. The number of hydrogen-bond acceptors (Lipinski definition) is 3. The van der Waals surface area contributed by atoms with Gasteiger partial charge in [0.05, 0.1) is 12.6 Å². The predicted octanol–water partition coefficient (Wildman–Crippen LogP) is 2.30. The van der Waals surface area contributed by atoms with Crippen LogP contribution >= 0.6 is 11.6 Å². The van der Waals surface area contributed by atoms with Gasteiger partial charge in [-0.15, -0.1) is 0 Å². The minimum Gasteiger partial charge on any atom is -0.370 e. The Kier molecular flexibility index (Phi) is 4.87. The smallest absolute Gasteiger partial charge is 0.245 e. The predicted molar refractivity (Wildman–Crippen MR) is 87.1 cm³/mol. The number of ether oxygens (including phenoxy) is 1. The van der Waals surface area contributed by atoms with Gasteiger partial charge >= 0.3 is 0 Å². The molecule has 3 atom stereocenters. The molecular weight excluding hydrogens is 316 g/mol. The second-order valence-electron chi connectivity index (χ2n) is 6.13. The van der Waals surface area contributed by atoms with Crippen LogP contribution in [0.5, 0.6) is 0 Å². The molecule has 2 amide bonds. The highest BCUT2D eigenvalue weighted by molar-refractivity contribution is 6.30. The topological polar surface area (TPSA) is 58.6 Å². The van der Waals surface area contributed by atoms with Gasteiger partial charge in [-0.3, -0.25) is 9.59 Å². The molecule has 0 aliphatic carbocycles. The molecule has 1 N–H and O–H groups in total. The second-order valence-corrected chi connectivity index (χ2v) is 6.57. The molecule has 2 aliphatic rings. The summed E-state index contributed by atoms with van der Waals surface area (Å²) in [4.78, 5) is 26.2. The second kappa shape index (κ2) is 6.89. The van der Waals surface area contributed by atoms with Crippen LogP contribution in [0.3, 0.4) is 0 Å². The molecule has 2 heterocycles. The van der Waals surface area contributed by atoms with E-state index in [9.17, 15) is 9.59 Å². The van der Waals surface area contributed by atoms with Gasteiger partial charge in [0, 0.05) is 18.0 Å². The summed E-state index contributed by atoms with van der Waals surface area (Å²) in [5.41, 5.74) is 0.968. The molecule has 0 radical (unpaired) electrons. The van der Waals surface area contributed by atoms with E-state index in [0.717, 1.165) is 12.0 Å². The monoisotopic (exact) mass is 336 g/mol. The lowest BCUT2D eigenvalue weighted by molar-refractivity contribution is -0.150. The summed E-state index contributed by atoms with van der Waals surface area (Å²) in [5.74, 6) is -0.0530. The van der Waals surface area contributed by atoms with E-state index >= 15 is 0 Å². The Bertz CT molecular complexity index is 607. The molecule has 2 fully saturated rings. The number of hydrogen-bond donors (Lipinski definition) is 1. The van der Waals surface area contributed by atoms with Crippen molar-refractivity contribution in [3.8, 4) is 0 Å². The third kappa shape index (κ3) is 3.51. The molecule has 1 aromatic carbocycles. The van der Waals surface area contributed by atoms with Gasteiger partial charge < -0.3 is 15.0 Å². The van der Waals surface area contributed by atoms with Crippen molar-refractivity contribution in [3.05, 3.63) is 34.9 Å². The van der Waals surface area contributed by atoms with Crippen molar-refractivity contribution < 1.29 is 14.3 Å². The van der Waals surface area contributed by atoms with E-state index in [1.807, 2.05) is 36.1 Å². The van der Waals surface area contributed by atoms with Gasteiger partial charge in [-0.2, -0.15) is 0 Å². The number of piperidine rings is 1. The standard InChI is InChI=1S/C17H21ClN2O3/c1-11-16(12-4-2-5-13(18)10-12)23-9-8-20(11)17(22)14-6-3-7-15(21)19-14/h2,4-5,10-11,14,16H,3,6-9H2,1H3,(H,19,21)/t11-,14-,16+/m1/s1. The van der Waals surface area contributed by atoms with E-state index in [1.165, 1.54) is 0 Å². The van der Waals surface area contributed by atoms with Gasteiger partial charge in [0.15, 0.2) is 0 Å². The number of nitrogens with one attached hydrogen (secondary N) is 1. The maximum atomic E-state index is 12.8. The Morgan fingerprint density at radius 3 is 3.00 bits per heavy atom. The summed E-state index contributed by atoms with van der Waals surface area (Å²) < 4.78 is 5.88. The Morgan fingerprint density at radius 1 is 1.43 bits per heavy atom. The van der Waals surface area contributed by atoms with E-state index < -0.39 is 6.04 Å². The lowest BCUT2D eigenvalue weighted by Gasteiger charge is -2.41. The number of morpholine rings is 1. The van der Waals surface area contributed by atoms with Crippen LogP contribution in [0.1, 0.15) is 37.9 Å². The highest BCUT2D eigenvalue weighted by Gasteiger charge is 2.37. The van der Waals surface area contributed by atoms with Crippen LogP contribution in [0.15, 0.2) is 24.3 Å². The largest absolute Gasteiger partial charge is 0.370 e. The fourth-order valence-electron chi connectivity index (χ4n) is 3.34. The zero-order valence-electron chi connectivity index (χ0n) is 13.1. The first-order chi connectivity index (χ1) is 11.1. The van der Waals surface area contributed by atoms with Crippen LogP contribution < -0.4 is 5.32 Å². The van der Waals surface area contributed by atoms with Crippen LogP contribution in [-0.2, 0) is 14.3 Å². The molecule has 5 nitrogen and oxygen atoms in total. The summed E-state index contributed by atoms with van der Waals surface area (Å²) in [6.45, 7) is 3.00. The third-order valence-corrected chi connectivity index (χ3v) is 4.78. The molecule has 0 aromatic heterocycles. The van der Waals surface area contributed by atoms with Gasteiger partial charge in [0.25, 0.3) is 0 Å².